The first-order valence-electron chi connectivity index (χ1n) is 4.31. The molecule has 0 aliphatic heterocycles. The fourth-order valence-corrected chi connectivity index (χ4v) is 2.21. The first-order valence-corrected chi connectivity index (χ1v) is 6.21. The third kappa shape index (κ3) is 2.69. The van der Waals surface area contributed by atoms with Crippen LogP contribution >= 0.6 is 34.4 Å². The lowest BCUT2D eigenvalue weighted by Crippen LogP contribution is -1.93. The minimum Gasteiger partial charge on any atom is -0.261 e. The smallest absolute Gasteiger partial charge is 0.193 e. The molecule has 0 saturated carbocycles. The Morgan fingerprint density at radius 3 is 2.53 bits per heavy atom. The van der Waals surface area contributed by atoms with Gasteiger partial charge in [0.05, 0.1) is 5.69 Å². The minimum absolute atomic E-state index is 0.749. The molecular formula is C9H9IN4S. The molecule has 2 aromatic rings. The lowest BCUT2D eigenvalue weighted by molar-refractivity contribution is 0.691. The standard InChI is InChI=1S/C9H9IN4S/c1-6-3-8(14(2)13-6)15-9-11-4-7(10)5-12-9/h3-5H,1-2H3. The second-order valence-corrected chi connectivity index (χ2v) is 5.27. The molecule has 0 aliphatic carbocycles. The van der Waals surface area contributed by atoms with Crippen molar-refractivity contribution in [2.75, 3.05) is 0 Å². The first kappa shape index (κ1) is 10.9. The van der Waals surface area contributed by atoms with Gasteiger partial charge in [-0.1, -0.05) is 0 Å². The van der Waals surface area contributed by atoms with Gasteiger partial charge in [-0.05, 0) is 47.3 Å². The highest BCUT2D eigenvalue weighted by Crippen LogP contribution is 2.24. The molecule has 2 heterocycles. The normalized spacial score (nSPS) is 10.6. The molecule has 6 heteroatoms. The van der Waals surface area contributed by atoms with Gasteiger partial charge in [0.25, 0.3) is 0 Å². The van der Waals surface area contributed by atoms with Crippen LogP contribution in [0.15, 0.2) is 28.6 Å². The van der Waals surface area contributed by atoms with E-state index >= 15 is 0 Å². The van der Waals surface area contributed by atoms with Crippen LogP contribution in [0.2, 0.25) is 0 Å². The summed E-state index contributed by atoms with van der Waals surface area (Å²) >= 11 is 3.71. The van der Waals surface area contributed by atoms with E-state index in [1.54, 1.807) is 12.4 Å². The predicted molar refractivity (Wildman–Crippen MR) is 66.8 cm³/mol. The van der Waals surface area contributed by atoms with Gasteiger partial charge in [0.2, 0.25) is 0 Å². The maximum Gasteiger partial charge on any atom is 0.193 e. The summed E-state index contributed by atoms with van der Waals surface area (Å²) in [5, 5.41) is 6.06. The summed E-state index contributed by atoms with van der Waals surface area (Å²) in [5.41, 5.74) is 1.01. The van der Waals surface area contributed by atoms with Gasteiger partial charge in [0, 0.05) is 23.0 Å². The Kier molecular flexibility index (Phi) is 3.25. The van der Waals surface area contributed by atoms with Crippen LogP contribution in [0.25, 0.3) is 0 Å². The summed E-state index contributed by atoms with van der Waals surface area (Å²) < 4.78 is 2.87. The van der Waals surface area contributed by atoms with Gasteiger partial charge in [-0.3, -0.25) is 4.68 Å². The van der Waals surface area contributed by atoms with Crippen LogP contribution < -0.4 is 0 Å². The summed E-state index contributed by atoms with van der Waals surface area (Å²) in [6.45, 7) is 1.97. The fourth-order valence-electron chi connectivity index (χ4n) is 1.13. The Labute approximate surface area is 106 Å². The van der Waals surface area contributed by atoms with E-state index < -0.39 is 0 Å². The van der Waals surface area contributed by atoms with Crippen LogP contribution in [0, 0.1) is 10.5 Å². The number of halogens is 1. The Hall–Kier alpha value is -0.630. The van der Waals surface area contributed by atoms with E-state index in [2.05, 4.69) is 37.7 Å². The van der Waals surface area contributed by atoms with Crippen molar-refractivity contribution in [3.8, 4) is 0 Å². The molecule has 0 atom stereocenters. The number of rotatable bonds is 2. The van der Waals surface area contributed by atoms with E-state index in [4.69, 9.17) is 0 Å². The van der Waals surface area contributed by atoms with Crippen LogP contribution in [0.1, 0.15) is 5.69 Å². The molecule has 0 spiro atoms. The van der Waals surface area contributed by atoms with Crippen molar-refractivity contribution in [3.05, 3.63) is 27.7 Å². The first-order chi connectivity index (χ1) is 7.15. The molecule has 2 rings (SSSR count). The van der Waals surface area contributed by atoms with E-state index in [9.17, 15) is 0 Å². The van der Waals surface area contributed by atoms with Gasteiger partial charge < -0.3 is 0 Å². The zero-order valence-corrected chi connectivity index (χ0v) is 11.3. The highest BCUT2D eigenvalue weighted by molar-refractivity contribution is 14.1. The van der Waals surface area contributed by atoms with Gasteiger partial charge in [-0.15, -0.1) is 0 Å². The van der Waals surface area contributed by atoms with Crippen LogP contribution in [-0.2, 0) is 7.05 Å². The van der Waals surface area contributed by atoms with Crippen molar-refractivity contribution in [2.45, 2.75) is 17.1 Å². The zero-order chi connectivity index (χ0) is 10.8. The highest BCUT2D eigenvalue weighted by Gasteiger charge is 2.05. The maximum atomic E-state index is 4.26. The zero-order valence-electron chi connectivity index (χ0n) is 8.31. The van der Waals surface area contributed by atoms with E-state index in [0.29, 0.717) is 0 Å². The topological polar surface area (TPSA) is 43.6 Å². The number of hydrogen-bond acceptors (Lipinski definition) is 4. The molecular weight excluding hydrogens is 323 g/mol. The van der Waals surface area contributed by atoms with Gasteiger partial charge in [-0.25, -0.2) is 9.97 Å². The average Bonchev–Trinajstić information content (AvgIpc) is 2.49. The molecule has 0 aromatic carbocycles. The predicted octanol–water partition coefficient (Wildman–Crippen LogP) is 2.27. The molecule has 0 radical (unpaired) electrons. The molecule has 2 aromatic heterocycles. The van der Waals surface area contributed by atoms with Crippen molar-refractivity contribution in [2.24, 2.45) is 7.05 Å². The van der Waals surface area contributed by atoms with Crippen molar-refractivity contribution in [3.63, 3.8) is 0 Å². The second-order valence-electron chi connectivity index (χ2n) is 3.03. The van der Waals surface area contributed by atoms with Crippen molar-refractivity contribution >= 4 is 34.4 Å². The third-order valence-corrected chi connectivity index (χ3v) is 3.29. The summed E-state index contributed by atoms with van der Waals surface area (Å²) in [6, 6.07) is 2.02. The third-order valence-electron chi connectivity index (χ3n) is 1.75. The van der Waals surface area contributed by atoms with E-state index in [-0.39, 0.29) is 0 Å². The van der Waals surface area contributed by atoms with Gasteiger partial charge in [-0.2, -0.15) is 5.10 Å². The molecule has 0 aliphatic rings. The summed E-state index contributed by atoms with van der Waals surface area (Å²) in [5.74, 6) is 0. The van der Waals surface area contributed by atoms with E-state index in [1.807, 2.05) is 24.7 Å². The Morgan fingerprint density at radius 1 is 1.33 bits per heavy atom. The number of aryl methyl sites for hydroxylation is 2. The van der Waals surface area contributed by atoms with Crippen molar-refractivity contribution < 1.29 is 0 Å². The van der Waals surface area contributed by atoms with Gasteiger partial charge in [0.1, 0.15) is 5.03 Å². The Balaban J connectivity index is 2.21. The van der Waals surface area contributed by atoms with Crippen molar-refractivity contribution in [1.29, 1.82) is 0 Å². The van der Waals surface area contributed by atoms with E-state index in [1.165, 1.54) is 11.8 Å². The number of aromatic nitrogens is 4. The molecule has 0 amide bonds. The Bertz CT molecular complexity index is 465. The molecule has 0 N–H and O–H groups in total. The van der Waals surface area contributed by atoms with Gasteiger partial charge >= 0.3 is 0 Å². The molecule has 0 fully saturated rings. The average molecular weight is 332 g/mol. The fraction of sp³-hybridized carbons (Fsp3) is 0.222. The molecule has 15 heavy (non-hydrogen) atoms. The highest BCUT2D eigenvalue weighted by atomic mass is 127. The van der Waals surface area contributed by atoms with E-state index in [0.717, 1.165) is 19.4 Å². The molecule has 0 bridgehead atoms. The Morgan fingerprint density at radius 2 is 2.00 bits per heavy atom. The van der Waals surface area contributed by atoms with Crippen molar-refractivity contribution in [1.82, 2.24) is 19.7 Å². The lowest BCUT2D eigenvalue weighted by Gasteiger charge is -1.99. The monoisotopic (exact) mass is 332 g/mol. The number of hydrogen-bond donors (Lipinski definition) is 0. The summed E-state index contributed by atoms with van der Waals surface area (Å²) in [6.07, 6.45) is 3.61. The lowest BCUT2D eigenvalue weighted by atomic mass is 10.5. The molecule has 0 saturated heterocycles. The summed E-state index contributed by atoms with van der Waals surface area (Å²) in [4.78, 5) is 8.45. The van der Waals surface area contributed by atoms with Crippen LogP contribution in [0.5, 0.6) is 0 Å². The second kappa shape index (κ2) is 4.48. The molecule has 0 unspecified atom stereocenters. The molecule has 78 valence electrons. The number of nitrogens with zero attached hydrogens (tertiary/aromatic N) is 4. The van der Waals surface area contributed by atoms with Gasteiger partial charge in [0.15, 0.2) is 5.16 Å². The maximum absolute atomic E-state index is 4.26. The quantitative estimate of drug-likeness (QED) is 0.625. The van der Waals surface area contributed by atoms with Crippen LogP contribution in [-0.4, -0.2) is 19.7 Å². The minimum atomic E-state index is 0.749. The SMILES string of the molecule is Cc1cc(Sc2ncc(I)cn2)n(C)n1. The van der Waals surface area contributed by atoms with Crippen LogP contribution in [0.4, 0.5) is 0 Å². The molecule has 4 nitrogen and oxygen atoms in total. The summed E-state index contributed by atoms with van der Waals surface area (Å²) in [7, 11) is 1.92. The van der Waals surface area contributed by atoms with Crippen LogP contribution in [0.3, 0.4) is 0 Å². The largest absolute Gasteiger partial charge is 0.261 e.